The Morgan fingerprint density at radius 3 is 2.53 bits per heavy atom. The van der Waals surface area contributed by atoms with Crippen LogP contribution in [0.25, 0.3) is 0 Å². The molecule has 0 radical (unpaired) electrons. The molecule has 1 heterocycles. The highest BCUT2D eigenvalue weighted by Crippen LogP contribution is 2.14. The van der Waals surface area contributed by atoms with Crippen LogP contribution in [0.3, 0.4) is 0 Å². The van der Waals surface area contributed by atoms with E-state index in [0.29, 0.717) is 35.7 Å². The molecule has 2 aromatic carbocycles. The topological polar surface area (TPSA) is 92.6 Å². The molecule has 0 saturated heterocycles. The van der Waals surface area contributed by atoms with Gasteiger partial charge in [-0.1, -0.05) is 19.4 Å². The van der Waals surface area contributed by atoms with Crippen LogP contribution < -0.4 is 20.7 Å². The first kappa shape index (κ1) is 23.0. The molecular weight excluding hydrogens is 426 g/mol. The van der Waals surface area contributed by atoms with Crippen molar-refractivity contribution in [1.82, 2.24) is 10.6 Å². The van der Waals surface area contributed by atoms with E-state index in [0.717, 1.165) is 18.6 Å². The molecule has 3 rings (SSSR count). The highest BCUT2D eigenvalue weighted by atomic mass is 32.1. The highest BCUT2D eigenvalue weighted by Gasteiger charge is 2.10. The predicted octanol–water partition coefficient (Wildman–Crippen LogP) is 4.52. The summed E-state index contributed by atoms with van der Waals surface area (Å²) in [5, 5.41) is 8.48. The minimum Gasteiger partial charge on any atom is -0.494 e. The maximum atomic E-state index is 12.4. The Hall–Kier alpha value is -3.65. The van der Waals surface area contributed by atoms with E-state index in [9.17, 15) is 9.59 Å². The van der Waals surface area contributed by atoms with Crippen molar-refractivity contribution in [3.63, 3.8) is 0 Å². The van der Waals surface area contributed by atoms with Crippen molar-refractivity contribution in [1.29, 1.82) is 0 Å². The number of ether oxygens (including phenoxy) is 1. The molecule has 2 amide bonds. The van der Waals surface area contributed by atoms with Gasteiger partial charge in [0.25, 0.3) is 11.8 Å². The van der Waals surface area contributed by atoms with E-state index in [1.807, 2.05) is 0 Å². The number of benzene rings is 2. The lowest BCUT2D eigenvalue weighted by molar-refractivity contribution is 0.0946. The van der Waals surface area contributed by atoms with Gasteiger partial charge < -0.3 is 19.8 Å². The second kappa shape index (κ2) is 11.7. The molecule has 3 aromatic rings. The summed E-state index contributed by atoms with van der Waals surface area (Å²) in [6.07, 6.45) is 3.59. The van der Waals surface area contributed by atoms with E-state index in [1.54, 1.807) is 66.9 Å². The van der Waals surface area contributed by atoms with Gasteiger partial charge in [-0.3, -0.25) is 14.9 Å². The van der Waals surface area contributed by atoms with Crippen LogP contribution >= 0.6 is 12.2 Å². The Bertz CT molecular complexity index is 1050. The van der Waals surface area contributed by atoms with E-state index in [2.05, 4.69) is 22.9 Å². The van der Waals surface area contributed by atoms with E-state index in [1.165, 1.54) is 0 Å². The van der Waals surface area contributed by atoms with Gasteiger partial charge in [0.15, 0.2) is 5.11 Å². The molecule has 0 unspecified atom stereocenters. The lowest BCUT2D eigenvalue weighted by atomic mass is 10.2. The summed E-state index contributed by atoms with van der Waals surface area (Å²) in [7, 11) is 0. The molecular formula is C24H25N3O4S. The van der Waals surface area contributed by atoms with Gasteiger partial charge in [-0.25, -0.2) is 0 Å². The molecule has 32 heavy (non-hydrogen) atoms. The van der Waals surface area contributed by atoms with Crippen LogP contribution in [0.5, 0.6) is 5.75 Å². The molecule has 7 nitrogen and oxygen atoms in total. The molecule has 8 heteroatoms. The molecule has 166 valence electrons. The van der Waals surface area contributed by atoms with Gasteiger partial charge in [-0.2, -0.15) is 0 Å². The SMILES string of the molecule is CCCCOc1ccc(C(=O)NC(=S)Nc2cccc(C(=O)NCc3ccco3)c2)cc1. The van der Waals surface area contributed by atoms with E-state index < -0.39 is 0 Å². The lowest BCUT2D eigenvalue weighted by Gasteiger charge is -2.11. The number of anilines is 1. The Balaban J connectivity index is 1.51. The van der Waals surface area contributed by atoms with Gasteiger partial charge in [-0.15, -0.1) is 0 Å². The van der Waals surface area contributed by atoms with E-state index >= 15 is 0 Å². The number of carbonyl (C=O) groups is 2. The van der Waals surface area contributed by atoms with E-state index in [4.69, 9.17) is 21.4 Å². The number of carbonyl (C=O) groups excluding carboxylic acids is 2. The predicted molar refractivity (Wildman–Crippen MR) is 127 cm³/mol. The zero-order chi connectivity index (χ0) is 22.8. The number of hydrogen-bond donors (Lipinski definition) is 3. The fraction of sp³-hybridized carbons (Fsp3) is 0.208. The minimum absolute atomic E-state index is 0.131. The molecule has 3 N–H and O–H groups in total. The standard InChI is InChI=1S/C24H25N3O4S/c1-2-3-13-30-20-11-9-17(10-12-20)23(29)27-24(32)26-19-7-4-6-18(15-19)22(28)25-16-21-8-5-14-31-21/h4-12,14-15H,2-3,13,16H2,1H3,(H,25,28)(H2,26,27,29,32). The van der Waals surface area contributed by atoms with Crippen molar-refractivity contribution in [2.24, 2.45) is 0 Å². The normalized spacial score (nSPS) is 10.3. The fourth-order valence-corrected chi connectivity index (χ4v) is 3.01. The van der Waals surface area contributed by atoms with Crippen molar-refractivity contribution in [3.8, 4) is 5.75 Å². The summed E-state index contributed by atoms with van der Waals surface area (Å²) in [4.78, 5) is 24.8. The van der Waals surface area contributed by atoms with Crippen LogP contribution in [-0.2, 0) is 6.54 Å². The highest BCUT2D eigenvalue weighted by molar-refractivity contribution is 7.80. The summed E-state index contributed by atoms with van der Waals surface area (Å²) in [5.74, 6) is 0.797. The monoisotopic (exact) mass is 451 g/mol. The molecule has 0 spiro atoms. The van der Waals surface area contributed by atoms with Crippen molar-refractivity contribution in [2.45, 2.75) is 26.3 Å². The Kier molecular flexibility index (Phi) is 8.39. The molecule has 0 aliphatic heterocycles. The van der Waals surface area contributed by atoms with Gasteiger partial charge >= 0.3 is 0 Å². The van der Waals surface area contributed by atoms with Gasteiger partial charge in [-0.05, 0) is 73.2 Å². The molecule has 0 aliphatic carbocycles. The van der Waals surface area contributed by atoms with Crippen molar-refractivity contribution in [2.75, 3.05) is 11.9 Å². The zero-order valence-corrected chi connectivity index (χ0v) is 18.5. The summed E-state index contributed by atoms with van der Waals surface area (Å²) in [6.45, 7) is 3.04. The van der Waals surface area contributed by atoms with Crippen LogP contribution in [0.1, 0.15) is 46.2 Å². The smallest absolute Gasteiger partial charge is 0.257 e. The molecule has 0 atom stereocenters. The van der Waals surface area contributed by atoms with Crippen LogP contribution in [0.2, 0.25) is 0 Å². The van der Waals surface area contributed by atoms with Crippen LogP contribution in [0, 0.1) is 0 Å². The number of furan rings is 1. The number of hydrogen-bond acceptors (Lipinski definition) is 5. The maximum Gasteiger partial charge on any atom is 0.257 e. The molecule has 0 aliphatic rings. The van der Waals surface area contributed by atoms with Gasteiger partial charge in [0, 0.05) is 16.8 Å². The lowest BCUT2D eigenvalue weighted by Crippen LogP contribution is -2.34. The van der Waals surface area contributed by atoms with Crippen LogP contribution in [0.4, 0.5) is 5.69 Å². The Labute approximate surface area is 192 Å². The third-order valence-corrected chi connectivity index (χ3v) is 4.70. The maximum absolute atomic E-state index is 12.4. The fourth-order valence-electron chi connectivity index (χ4n) is 2.80. The largest absolute Gasteiger partial charge is 0.494 e. The van der Waals surface area contributed by atoms with Crippen molar-refractivity contribution in [3.05, 3.63) is 83.8 Å². The Morgan fingerprint density at radius 2 is 1.81 bits per heavy atom. The van der Waals surface area contributed by atoms with Crippen LogP contribution in [-0.4, -0.2) is 23.5 Å². The first-order chi connectivity index (χ1) is 15.5. The summed E-state index contributed by atoms with van der Waals surface area (Å²) in [5.41, 5.74) is 1.50. The third kappa shape index (κ3) is 6.95. The van der Waals surface area contributed by atoms with E-state index in [-0.39, 0.29) is 16.9 Å². The molecule has 0 saturated carbocycles. The number of thiocarbonyl (C=S) groups is 1. The number of amides is 2. The number of unbranched alkanes of at least 4 members (excludes halogenated alkanes) is 1. The number of rotatable bonds is 9. The second-order valence-electron chi connectivity index (χ2n) is 6.98. The average molecular weight is 452 g/mol. The minimum atomic E-state index is -0.338. The zero-order valence-electron chi connectivity index (χ0n) is 17.7. The van der Waals surface area contributed by atoms with Crippen molar-refractivity contribution < 1.29 is 18.7 Å². The first-order valence-corrected chi connectivity index (χ1v) is 10.7. The Morgan fingerprint density at radius 1 is 1.00 bits per heavy atom. The molecule has 0 bridgehead atoms. The van der Waals surface area contributed by atoms with Gasteiger partial charge in [0.2, 0.25) is 0 Å². The summed E-state index contributed by atoms with van der Waals surface area (Å²) < 4.78 is 10.8. The first-order valence-electron chi connectivity index (χ1n) is 10.3. The number of nitrogens with one attached hydrogen (secondary N) is 3. The molecule has 1 aromatic heterocycles. The summed E-state index contributed by atoms with van der Waals surface area (Å²) in [6, 6.07) is 17.2. The quantitative estimate of drug-likeness (QED) is 0.327. The summed E-state index contributed by atoms with van der Waals surface area (Å²) >= 11 is 5.24. The van der Waals surface area contributed by atoms with Crippen LogP contribution in [0.15, 0.2) is 71.3 Å². The van der Waals surface area contributed by atoms with Gasteiger partial charge in [0.1, 0.15) is 11.5 Å². The third-order valence-electron chi connectivity index (χ3n) is 4.50. The van der Waals surface area contributed by atoms with Gasteiger partial charge in [0.05, 0.1) is 19.4 Å². The average Bonchev–Trinajstić information content (AvgIpc) is 3.32. The van der Waals surface area contributed by atoms with Crippen molar-refractivity contribution >= 4 is 34.8 Å². The molecule has 0 fully saturated rings. The second-order valence-corrected chi connectivity index (χ2v) is 7.39.